The van der Waals surface area contributed by atoms with E-state index in [1.807, 2.05) is 13.8 Å². The molecule has 2 atom stereocenters. The van der Waals surface area contributed by atoms with E-state index in [9.17, 15) is 9.59 Å². The third-order valence-corrected chi connectivity index (χ3v) is 3.27. The van der Waals surface area contributed by atoms with Crippen molar-refractivity contribution in [1.29, 1.82) is 0 Å². The lowest BCUT2D eigenvalue weighted by atomic mass is 9.76. The molecule has 1 rings (SSSR count). The molecule has 1 aliphatic rings. The highest BCUT2D eigenvalue weighted by molar-refractivity contribution is 5.75. The summed E-state index contributed by atoms with van der Waals surface area (Å²) in [6, 6.07) is 0. The van der Waals surface area contributed by atoms with Crippen LogP contribution in [0, 0.1) is 17.3 Å². The number of aldehydes is 1. The number of carbonyl (C=O) groups is 2. The molecule has 13 heavy (non-hydrogen) atoms. The van der Waals surface area contributed by atoms with Crippen LogP contribution in [0.3, 0.4) is 0 Å². The lowest BCUT2D eigenvalue weighted by Gasteiger charge is -2.28. The van der Waals surface area contributed by atoms with Gasteiger partial charge in [0.05, 0.1) is 13.0 Å². The van der Waals surface area contributed by atoms with Gasteiger partial charge in [0.15, 0.2) is 0 Å². The molecule has 1 fully saturated rings. The van der Waals surface area contributed by atoms with Gasteiger partial charge >= 0.3 is 5.97 Å². The van der Waals surface area contributed by atoms with Gasteiger partial charge in [-0.25, -0.2) is 0 Å². The van der Waals surface area contributed by atoms with Gasteiger partial charge in [-0.2, -0.15) is 0 Å². The van der Waals surface area contributed by atoms with Crippen LogP contribution in [0.5, 0.6) is 0 Å². The highest BCUT2D eigenvalue weighted by Crippen LogP contribution is 2.46. The summed E-state index contributed by atoms with van der Waals surface area (Å²) in [5.41, 5.74) is -0.241. The Balaban J connectivity index is 2.80. The Morgan fingerprint density at radius 3 is 2.46 bits per heavy atom. The maximum Gasteiger partial charge on any atom is 0.309 e. The standard InChI is InChI=1S/C10H16O3/c1-10(2)7(6-11)4-5-8(10)9(12)13-3/h6-8H,4-5H2,1-3H3/t7-,8+/m0/s1. The minimum Gasteiger partial charge on any atom is -0.469 e. The molecule has 0 unspecified atom stereocenters. The molecule has 0 bridgehead atoms. The van der Waals surface area contributed by atoms with Gasteiger partial charge in [0.2, 0.25) is 0 Å². The second kappa shape index (κ2) is 3.48. The summed E-state index contributed by atoms with van der Waals surface area (Å²) in [4.78, 5) is 22.1. The second-order valence-corrected chi connectivity index (χ2v) is 4.22. The van der Waals surface area contributed by atoms with E-state index in [2.05, 4.69) is 0 Å². The molecular weight excluding hydrogens is 168 g/mol. The normalized spacial score (nSPS) is 31.3. The molecule has 0 saturated heterocycles. The van der Waals surface area contributed by atoms with Gasteiger partial charge in [-0.3, -0.25) is 4.79 Å². The van der Waals surface area contributed by atoms with E-state index < -0.39 is 0 Å². The molecule has 1 saturated carbocycles. The first-order valence-corrected chi connectivity index (χ1v) is 4.57. The van der Waals surface area contributed by atoms with Crippen LogP contribution in [0.1, 0.15) is 26.7 Å². The summed E-state index contributed by atoms with van der Waals surface area (Å²) < 4.78 is 4.71. The first-order valence-electron chi connectivity index (χ1n) is 4.57. The Morgan fingerprint density at radius 2 is 2.08 bits per heavy atom. The minimum atomic E-state index is -0.241. The molecule has 0 aliphatic heterocycles. The molecule has 1 aliphatic carbocycles. The van der Waals surface area contributed by atoms with E-state index in [0.717, 1.165) is 19.1 Å². The van der Waals surface area contributed by atoms with E-state index in [-0.39, 0.29) is 23.2 Å². The van der Waals surface area contributed by atoms with Crippen LogP contribution in [0.25, 0.3) is 0 Å². The molecule has 3 nitrogen and oxygen atoms in total. The summed E-state index contributed by atoms with van der Waals surface area (Å²) >= 11 is 0. The largest absolute Gasteiger partial charge is 0.469 e. The number of hydrogen-bond acceptors (Lipinski definition) is 3. The van der Waals surface area contributed by atoms with Crippen molar-refractivity contribution in [3.63, 3.8) is 0 Å². The van der Waals surface area contributed by atoms with Gasteiger partial charge in [0, 0.05) is 5.92 Å². The molecule has 74 valence electrons. The molecule has 3 heteroatoms. The Kier molecular flexibility index (Phi) is 2.74. The number of hydrogen-bond donors (Lipinski definition) is 0. The minimum absolute atomic E-state index is 0.00315. The first kappa shape index (κ1) is 10.2. The molecule has 0 aromatic heterocycles. The predicted molar refractivity (Wildman–Crippen MR) is 48.1 cm³/mol. The molecule has 0 amide bonds. The van der Waals surface area contributed by atoms with Crippen molar-refractivity contribution in [2.24, 2.45) is 17.3 Å². The smallest absolute Gasteiger partial charge is 0.309 e. The summed E-state index contributed by atoms with van der Waals surface area (Å²) in [6.45, 7) is 3.92. The van der Waals surface area contributed by atoms with Gasteiger partial charge in [-0.05, 0) is 18.3 Å². The molecular formula is C10H16O3. The molecule has 0 aromatic rings. The van der Waals surface area contributed by atoms with Crippen LogP contribution in [0.15, 0.2) is 0 Å². The van der Waals surface area contributed by atoms with Crippen LogP contribution in [-0.4, -0.2) is 19.4 Å². The fraction of sp³-hybridized carbons (Fsp3) is 0.800. The van der Waals surface area contributed by atoms with Crippen LogP contribution >= 0.6 is 0 Å². The first-order chi connectivity index (χ1) is 6.04. The second-order valence-electron chi connectivity index (χ2n) is 4.22. The average molecular weight is 184 g/mol. The molecule has 0 heterocycles. The summed E-state index contributed by atoms with van der Waals surface area (Å²) in [5, 5.41) is 0. The van der Waals surface area contributed by atoms with E-state index in [4.69, 9.17) is 4.74 Å². The number of ether oxygens (including phenoxy) is 1. The maximum absolute atomic E-state index is 11.4. The summed E-state index contributed by atoms with van der Waals surface area (Å²) in [6.07, 6.45) is 2.53. The van der Waals surface area contributed by atoms with Crippen LogP contribution < -0.4 is 0 Å². The molecule has 0 aromatic carbocycles. The van der Waals surface area contributed by atoms with Gasteiger partial charge in [0.1, 0.15) is 6.29 Å². The Morgan fingerprint density at radius 1 is 1.46 bits per heavy atom. The predicted octanol–water partition coefficient (Wildman–Crippen LogP) is 1.41. The van der Waals surface area contributed by atoms with Crippen molar-refractivity contribution < 1.29 is 14.3 Å². The Bertz CT molecular complexity index is 220. The van der Waals surface area contributed by atoms with Crippen molar-refractivity contribution in [2.45, 2.75) is 26.7 Å². The third-order valence-electron chi connectivity index (χ3n) is 3.27. The monoisotopic (exact) mass is 184 g/mol. The topological polar surface area (TPSA) is 43.4 Å². The summed E-state index contributed by atoms with van der Waals surface area (Å²) in [5.74, 6) is -0.307. The van der Waals surface area contributed by atoms with Gasteiger partial charge < -0.3 is 9.53 Å². The van der Waals surface area contributed by atoms with Gasteiger partial charge in [-0.15, -0.1) is 0 Å². The van der Waals surface area contributed by atoms with Crippen LogP contribution in [-0.2, 0) is 14.3 Å². The average Bonchev–Trinajstić information content (AvgIpc) is 2.39. The zero-order valence-electron chi connectivity index (χ0n) is 8.37. The Labute approximate surface area is 78.5 Å². The third kappa shape index (κ3) is 1.60. The van der Waals surface area contributed by atoms with Crippen LogP contribution in [0.4, 0.5) is 0 Å². The molecule has 0 radical (unpaired) electrons. The lowest BCUT2D eigenvalue weighted by molar-refractivity contribution is -0.149. The Hall–Kier alpha value is -0.860. The van der Waals surface area contributed by atoms with Gasteiger partial charge in [-0.1, -0.05) is 13.8 Å². The summed E-state index contributed by atoms with van der Waals surface area (Å²) in [7, 11) is 1.40. The zero-order valence-corrected chi connectivity index (χ0v) is 8.37. The zero-order chi connectivity index (χ0) is 10.1. The number of rotatable bonds is 2. The van der Waals surface area contributed by atoms with Crippen molar-refractivity contribution >= 4 is 12.3 Å². The van der Waals surface area contributed by atoms with Gasteiger partial charge in [0.25, 0.3) is 0 Å². The lowest BCUT2D eigenvalue weighted by Crippen LogP contribution is -2.31. The number of carbonyl (C=O) groups excluding carboxylic acids is 2. The van der Waals surface area contributed by atoms with E-state index in [0.29, 0.717) is 0 Å². The highest BCUT2D eigenvalue weighted by Gasteiger charge is 2.47. The van der Waals surface area contributed by atoms with Crippen molar-refractivity contribution in [3.8, 4) is 0 Å². The van der Waals surface area contributed by atoms with Crippen molar-refractivity contribution in [1.82, 2.24) is 0 Å². The van der Waals surface area contributed by atoms with E-state index in [1.165, 1.54) is 7.11 Å². The number of methoxy groups -OCH3 is 1. The highest BCUT2D eigenvalue weighted by atomic mass is 16.5. The van der Waals surface area contributed by atoms with Crippen LogP contribution in [0.2, 0.25) is 0 Å². The molecule has 0 N–H and O–H groups in total. The van der Waals surface area contributed by atoms with E-state index >= 15 is 0 Å². The SMILES string of the molecule is COC(=O)[C@H]1CC[C@@H](C=O)C1(C)C. The number of esters is 1. The fourth-order valence-corrected chi connectivity index (χ4v) is 2.16. The van der Waals surface area contributed by atoms with E-state index in [1.54, 1.807) is 0 Å². The quantitative estimate of drug-likeness (QED) is 0.481. The fourth-order valence-electron chi connectivity index (χ4n) is 2.16. The van der Waals surface area contributed by atoms with Crippen molar-refractivity contribution in [3.05, 3.63) is 0 Å². The maximum atomic E-state index is 11.4. The molecule has 0 spiro atoms. The van der Waals surface area contributed by atoms with Crippen molar-refractivity contribution in [2.75, 3.05) is 7.11 Å².